The van der Waals surface area contributed by atoms with Gasteiger partial charge in [0.1, 0.15) is 5.75 Å². The molecule has 1 amide bonds. The van der Waals surface area contributed by atoms with Gasteiger partial charge in [-0.2, -0.15) is 0 Å². The highest BCUT2D eigenvalue weighted by Crippen LogP contribution is 2.21. The number of carbonyl (C=O) groups is 2. The first-order valence-corrected chi connectivity index (χ1v) is 5.74. The molecule has 17 heavy (non-hydrogen) atoms. The number of rotatable bonds is 5. The van der Waals surface area contributed by atoms with E-state index in [4.69, 9.17) is 16.3 Å². The van der Waals surface area contributed by atoms with Crippen molar-refractivity contribution in [2.45, 2.75) is 18.9 Å². The van der Waals surface area contributed by atoms with Crippen molar-refractivity contribution in [2.24, 2.45) is 0 Å². The first-order valence-electron chi connectivity index (χ1n) is 5.36. The van der Waals surface area contributed by atoms with E-state index in [1.54, 1.807) is 12.1 Å². The van der Waals surface area contributed by atoms with Crippen molar-refractivity contribution in [3.05, 3.63) is 28.8 Å². The minimum Gasteiger partial charge on any atom is -0.483 e. The lowest BCUT2D eigenvalue weighted by Crippen LogP contribution is -2.30. The molecule has 1 fully saturated rings. The fraction of sp³-hybridized carbons (Fsp3) is 0.333. The van der Waals surface area contributed by atoms with Crippen LogP contribution in [0.1, 0.15) is 23.2 Å². The molecule has 0 aromatic heterocycles. The van der Waals surface area contributed by atoms with Crippen molar-refractivity contribution in [1.82, 2.24) is 5.32 Å². The zero-order valence-electron chi connectivity index (χ0n) is 9.11. The second-order valence-electron chi connectivity index (χ2n) is 3.93. The molecule has 1 aromatic carbocycles. The van der Waals surface area contributed by atoms with Crippen LogP contribution in [-0.4, -0.2) is 24.8 Å². The summed E-state index contributed by atoms with van der Waals surface area (Å²) in [5.41, 5.74) is 0.344. The van der Waals surface area contributed by atoms with Crippen molar-refractivity contribution >= 4 is 23.8 Å². The number of nitrogens with one attached hydrogen (secondary N) is 1. The molecule has 4 nitrogen and oxygen atoms in total. The maximum Gasteiger partial charge on any atom is 0.258 e. The van der Waals surface area contributed by atoms with Gasteiger partial charge >= 0.3 is 0 Å². The Kier molecular flexibility index (Phi) is 3.64. The summed E-state index contributed by atoms with van der Waals surface area (Å²) in [6, 6.07) is 5.00. The van der Waals surface area contributed by atoms with Crippen LogP contribution in [0.2, 0.25) is 5.02 Å². The first kappa shape index (κ1) is 11.9. The second-order valence-corrected chi connectivity index (χ2v) is 4.37. The summed E-state index contributed by atoms with van der Waals surface area (Å²) in [6.07, 6.45) is 2.72. The van der Waals surface area contributed by atoms with E-state index < -0.39 is 0 Å². The molecule has 1 aromatic rings. The number of halogens is 1. The van der Waals surface area contributed by atoms with E-state index in [0.717, 1.165) is 12.8 Å². The zero-order chi connectivity index (χ0) is 12.3. The molecule has 0 atom stereocenters. The van der Waals surface area contributed by atoms with Crippen LogP contribution in [0, 0.1) is 0 Å². The van der Waals surface area contributed by atoms with Gasteiger partial charge in [0.2, 0.25) is 0 Å². The standard InChI is InChI=1S/C12H12ClNO3/c13-9-1-4-11(8(5-9)6-15)17-7-12(16)14-10-2-3-10/h1,4-6,10H,2-3,7H2,(H,14,16). The monoisotopic (exact) mass is 253 g/mol. The van der Waals surface area contributed by atoms with E-state index in [2.05, 4.69) is 5.32 Å². The van der Waals surface area contributed by atoms with Crippen LogP contribution in [-0.2, 0) is 4.79 Å². The third kappa shape index (κ3) is 3.46. The number of hydrogen-bond acceptors (Lipinski definition) is 3. The summed E-state index contributed by atoms with van der Waals surface area (Å²) in [7, 11) is 0. The highest BCUT2D eigenvalue weighted by molar-refractivity contribution is 6.30. The highest BCUT2D eigenvalue weighted by atomic mass is 35.5. The van der Waals surface area contributed by atoms with Gasteiger partial charge in [-0.1, -0.05) is 11.6 Å². The molecule has 0 spiro atoms. The molecule has 0 saturated heterocycles. The van der Waals surface area contributed by atoms with E-state index in [0.29, 0.717) is 28.7 Å². The van der Waals surface area contributed by atoms with Gasteiger partial charge in [-0.25, -0.2) is 0 Å². The summed E-state index contributed by atoms with van der Waals surface area (Å²) in [4.78, 5) is 22.2. The van der Waals surface area contributed by atoms with Gasteiger partial charge in [0.15, 0.2) is 12.9 Å². The molecule has 0 unspecified atom stereocenters. The maximum atomic E-state index is 11.4. The van der Waals surface area contributed by atoms with Gasteiger partial charge < -0.3 is 10.1 Å². The molecule has 0 bridgehead atoms. The number of aldehydes is 1. The van der Waals surface area contributed by atoms with Crippen LogP contribution in [0.15, 0.2) is 18.2 Å². The third-order valence-corrected chi connectivity index (χ3v) is 2.64. The average molecular weight is 254 g/mol. The molecule has 0 heterocycles. The lowest BCUT2D eigenvalue weighted by molar-refractivity contribution is -0.123. The Morgan fingerprint density at radius 3 is 2.94 bits per heavy atom. The summed E-state index contributed by atoms with van der Waals surface area (Å²) in [5.74, 6) is 0.203. The molecule has 0 aliphatic heterocycles. The molecule has 5 heteroatoms. The summed E-state index contributed by atoms with van der Waals surface area (Å²) < 4.78 is 5.27. The first-order chi connectivity index (χ1) is 8.19. The number of ether oxygens (including phenoxy) is 1. The summed E-state index contributed by atoms with van der Waals surface area (Å²) in [5, 5.41) is 3.25. The van der Waals surface area contributed by atoms with Crippen molar-refractivity contribution in [1.29, 1.82) is 0 Å². The highest BCUT2D eigenvalue weighted by Gasteiger charge is 2.23. The molecule has 2 rings (SSSR count). The minimum absolute atomic E-state index is 0.0844. The Balaban J connectivity index is 1.93. The smallest absolute Gasteiger partial charge is 0.258 e. The van der Waals surface area contributed by atoms with E-state index in [1.165, 1.54) is 6.07 Å². The van der Waals surface area contributed by atoms with Gasteiger partial charge in [-0.15, -0.1) is 0 Å². The Morgan fingerprint density at radius 2 is 2.29 bits per heavy atom. The molecular formula is C12H12ClNO3. The topological polar surface area (TPSA) is 55.4 Å². The third-order valence-electron chi connectivity index (χ3n) is 2.40. The minimum atomic E-state index is -0.167. The number of carbonyl (C=O) groups excluding carboxylic acids is 2. The lowest BCUT2D eigenvalue weighted by Gasteiger charge is -2.08. The van der Waals surface area contributed by atoms with Crippen molar-refractivity contribution in [3.63, 3.8) is 0 Å². The van der Waals surface area contributed by atoms with Crippen LogP contribution in [0.4, 0.5) is 0 Å². The second kappa shape index (κ2) is 5.19. The van der Waals surface area contributed by atoms with Crippen molar-refractivity contribution < 1.29 is 14.3 Å². The van der Waals surface area contributed by atoms with E-state index >= 15 is 0 Å². The fourth-order valence-corrected chi connectivity index (χ4v) is 1.56. The molecule has 1 aliphatic carbocycles. The fourth-order valence-electron chi connectivity index (χ4n) is 1.38. The molecule has 90 valence electrons. The van der Waals surface area contributed by atoms with E-state index in [-0.39, 0.29) is 12.5 Å². The number of benzene rings is 1. The molecule has 0 radical (unpaired) electrons. The SMILES string of the molecule is O=Cc1cc(Cl)ccc1OCC(=O)NC1CC1. The van der Waals surface area contributed by atoms with E-state index in [1.807, 2.05) is 0 Å². The predicted molar refractivity (Wildman–Crippen MR) is 63.5 cm³/mol. The predicted octanol–water partition coefficient (Wildman–Crippen LogP) is 1.81. The Morgan fingerprint density at radius 1 is 1.53 bits per heavy atom. The Bertz CT molecular complexity index is 443. The Labute approximate surface area is 104 Å². The normalized spacial score (nSPS) is 14.2. The largest absolute Gasteiger partial charge is 0.483 e. The van der Waals surface area contributed by atoms with Crippen LogP contribution in [0.25, 0.3) is 0 Å². The van der Waals surface area contributed by atoms with Crippen LogP contribution >= 0.6 is 11.6 Å². The van der Waals surface area contributed by atoms with Crippen molar-refractivity contribution in [2.75, 3.05) is 6.61 Å². The van der Waals surface area contributed by atoms with Crippen LogP contribution in [0.5, 0.6) is 5.75 Å². The van der Waals surface area contributed by atoms with Crippen LogP contribution in [0.3, 0.4) is 0 Å². The molecule has 1 N–H and O–H groups in total. The molecule has 1 aliphatic rings. The maximum absolute atomic E-state index is 11.4. The number of hydrogen-bond donors (Lipinski definition) is 1. The zero-order valence-corrected chi connectivity index (χ0v) is 9.87. The number of amides is 1. The van der Waals surface area contributed by atoms with Gasteiger partial charge in [0.05, 0.1) is 5.56 Å². The van der Waals surface area contributed by atoms with Gasteiger partial charge in [-0.3, -0.25) is 9.59 Å². The average Bonchev–Trinajstić information content (AvgIpc) is 3.11. The van der Waals surface area contributed by atoms with Gasteiger partial charge in [-0.05, 0) is 31.0 Å². The molecular weight excluding hydrogens is 242 g/mol. The Hall–Kier alpha value is -1.55. The molecule has 1 saturated carbocycles. The van der Waals surface area contributed by atoms with Crippen LogP contribution < -0.4 is 10.1 Å². The summed E-state index contributed by atoms with van der Waals surface area (Å²) >= 11 is 5.74. The summed E-state index contributed by atoms with van der Waals surface area (Å²) in [6.45, 7) is -0.0844. The van der Waals surface area contributed by atoms with Gasteiger partial charge in [0.25, 0.3) is 5.91 Å². The quantitative estimate of drug-likeness (QED) is 0.815. The van der Waals surface area contributed by atoms with Crippen molar-refractivity contribution in [3.8, 4) is 5.75 Å². The van der Waals surface area contributed by atoms with Gasteiger partial charge in [0, 0.05) is 11.1 Å². The van der Waals surface area contributed by atoms with E-state index in [9.17, 15) is 9.59 Å². The lowest BCUT2D eigenvalue weighted by atomic mass is 10.2.